The average molecular weight is 210 g/mol. The number of halogens is 3. The molecule has 0 aromatic heterocycles. The molecule has 3 nitrogen and oxygen atoms in total. The van der Waals surface area contributed by atoms with Crippen LogP contribution in [0.2, 0.25) is 0 Å². The number of nitrogens with two attached hydrogens (primary N) is 1. The summed E-state index contributed by atoms with van der Waals surface area (Å²) in [5, 5.41) is 0. The molecule has 82 valence electrons. The van der Waals surface area contributed by atoms with Gasteiger partial charge in [0.25, 0.3) is 0 Å². The zero-order valence-electron chi connectivity index (χ0n) is 7.84. The van der Waals surface area contributed by atoms with Gasteiger partial charge in [0.05, 0.1) is 0 Å². The molecule has 6 heteroatoms. The molecule has 0 radical (unpaired) electrons. The van der Waals surface area contributed by atoms with Crippen molar-refractivity contribution in [2.75, 3.05) is 6.54 Å². The number of hydrogen-bond donors (Lipinski definition) is 1. The van der Waals surface area contributed by atoms with Crippen LogP contribution in [0.5, 0.6) is 0 Å². The number of rotatable bonds is 0. The van der Waals surface area contributed by atoms with Gasteiger partial charge in [0.15, 0.2) is 0 Å². The Hall–Kier alpha value is -0.780. The number of hydrogen-bond acceptors (Lipinski definition) is 2. The van der Waals surface area contributed by atoms with E-state index in [1.54, 1.807) is 0 Å². The Morgan fingerprint density at radius 3 is 2.43 bits per heavy atom. The highest BCUT2D eigenvalue weighted by atomic mass is 19.4. The molecule has 1 saturated heterocycles. The van der Waals surface area contributed by atoms with Gasteiger partial charge < -0.3 is 10.6 Å². The van der Waals surface area contributed by atoms with Crippen molar-refractivity contribution in [1.82, 2.24) is 4.90 Å². The van der Waals surface area contributed by atoms with Crippen LogP contribution in [0, 0.1) is 0 Å². The van der Waals surface area contributed by atoms with Crippen LogP contribution in [-0.2, 0) is 4.79 Å². The normalized spacial score (nSPS) is 29.1. The zero-order chi connectivity index (χ0) is 10.9. The highest BCUT2D eigenvalue weighted by molar-refractivity contribution is 5.73. The Kier molecular flexibility index (Phi) is 3.04. The first-order chi connectivity index (χ1) is 6.32. The van der Waals surface area contributed by atoms with E-state index < -0.39 is 18.1 Å². The van der Waals surface area contributed by atoms with E-state index in [-0.39, 0.29) is 19.0 Å². The summed E-state index contributed by atoms with van der Waals surface area (Å²) < 4.78 is 37.3. The molecule has 0 spiro atoms. The molecule has 1 amide bonds. The summed E-state index contributed by atoms with van der Waals surface area (Å²) in [7, 11) is 0. The monoisotopic (exact) mass is 210 g/mol. The summed E-state index contributed by atoms with van der Waals surface area (Å²) in [4.78, 5) is 11.8. The second-order valence-corrected chi connectivity index (χ2v) is 3.57. The Bertz CT molecular complexity index is 229. The van der Waals surface area contributed by atoms with Gasteiger partial charge in [0.2, 0.25) is 5.91 Å². The lowest BCUT2D eigenvalue weighted by atomic mass is 9.98. The number of carbonyl (C=O) groups excluding carboxylic acids is 1. The van der Waals surface area contributed by atoms with E-state index >= 15 is 0 Å². The Morgan fingerprint density at radius 2 is 2.00 bits per heavy atom. The third kappa shape index (κ3) is 2.37. The lowest BCUT2D eigenvalue weighted by Crippen LogP contribution is -2.56. The van der Waals surface area contributed by atoms with E-state index in [2.05, 4.69) is 0 Å². The number of carbonyl (C=O) groups is 1. The lowest BCUT2D eigenvalue weighted by molar-refractivity contribution is -0.196. The van der Waals surface area contributed by atoms with Crippen molar-refractivity contribution >= 4 is 5.91 Å². The van der Waals surface area contributed by atoms with Gasteiger partial charge in [-0.2, -0.15) is 13.2 Å². The predicted octanol–water partition coefficient (Wildman–Crippen LogP) is 0.887. The predicted molar refractivity (Wildman–Crippen MR) is 44.4 cm³/mol. The molecular formula is C8H13F3N2O. The second kappa shape index (κ2) is 3.76. The molecule has 0 aliphatic carbocycles. The molecule has 1 rings (SSSR count). The van der Waals surface area contributed by atoms with Gasteiger partial charge in [0, 0.05) is 19.5 Å². The maximum Gasteiger partial charge on any atom is 0.408 e. The number of nitrogens with zero attached hydrogens (tertiary/aromatic N) is 1. The highest BCUT2D eigenvalue weighted by Crippen LogP contribution is 2.31. The molecule has 0 unspecified atom stereocenters. The largest absolute Gasteiger partial charge is 0.408 e. The molecule has 0 bridgehead atoms. The summed E-state index contributed by atoms with van der Waals surface area (Å²) >= 11 is 0. The summed E-state index contributed by atoms with van der Waals surface area (Å²) in [5.41, 5.74) is 5.51. The summed E-state index contributed by atoms with van der Waals surface area (Å²) in [5.74, 6) is -0.567. The topological polar surface area (TPSA) is 46.3 Å². The molecule has 14 heavy (non-hydrogen) atoms. The van der Waals surface area contributed by atoms with Crippen LogP contribution < -0.4 is 5.73 Å². The van der Waals surface area contributed by atoms with Crippen molar-refractivity contribution in [2.24, 2.45) is 5.73 Å². The smallest absolute Gasteiger partial charge is 0.329 e. The quantitative estimate of drug-likeness (QED) is 0.645. The lowest BCUT2D eigenvalue weighted by Gasteiger charge is -2.38. The molecule has 0 saturated carbocycles. The molecule has 2 atom stereocenters. The van der Waals surface area contributed by atoms with Gasteiger partial charge in [-0.15, -0.1) is 0 Å². The standard InChI is InChI=1S/C8H13F3N2O/c1-5(14)13-4-6(12)2-3-7(13)8(9,10)11/h6-7H,2-4,12H2,1H3/t6-,7-/m1/s1. The minimum absolute atomic E-state index is 0.000486. The van der Waals surface area contributed by atoms with E-state index in [9.17, 15) is 18.0 Å². The van der Waals surface area contributed by atoms with Crippen LogP contribution in [0.4, 0.5) is 13.2 Å². The van der Waals surface area contributed by atoms with Crippen LogP contribution in [0.3, 0.4) is 0 Å². The van der Waals surface area contributed by atoms with Crippen LogP contribution in [0.15, 0.2) is 0 Å². The number of piperidine rings is 1. The number of alkyl halides is 3. The van der Waals surface area contributed by atoms with Crippen LogP contribution in [0.1, 0.15) is 19.8 Å². The second-order valence-electron chi connectivity index (χ2n) is 3.57. The first-order valence-corrected chi connectivity index (χ1v) is 4.42. The van der Waals surface area contributed by atoms with E-state index in [1.165, 1.54) is 0 Å². The molecular weight excluding hydrogens is 197 g/mol. The minimum Gasteiger partial charge on any atom is -0.329 e. The van der Waals surface area contributed by atoms with Crippen LogP contribution >= 0.6 is 0 Å². The Balaban J connectivity index is 2.78. The van der Waals surface area contributed by atoms with Gasteiger partial charge in [-0.05, 0) is 12.8 Å². The molecule has 1 aliphatic rings. The van der Waals surface area contributed by atoms with E-state index in [4.69, 9.17) is 5.73 Å². The van der Waals surface area contributed by atoms with Crippen LogP contribution in [0.25, 0.3) is 0 Å². The van der Waals surface area contributed by atoms with Crippen molar-refractivity contribution < 1.29 is 18.0 Å². The van der Waals surface area contributed by atoms with Crippen molar-refractivity contribution in [3.63, 3.8) is 0 Å². The van der Waals surface area contributed by atoms with Crippen molar-refractivity contribution in [3.05, 3.63) is 0 Å². The SMILES string of the molecule is CC(=O)N1C[C@H](N)CC[C@@H]1C(F)(F)F. The zero-order valence-corrected chi connectivity index (χ0v) is 7.84. The summed E-state index contributed by atoms with van der Waals surface area (Å²) in [6.07, 6.45) is -4.12. The fourth-order valence-electron chi connectivity index (χ4n) is 1.69. The van der Waals surface area contributed by atoms with Crippen molar-refractivity contribution in [3.8, 4) is 0 Å². The molecule has 1 fully saturated rings. The summed E-state index contributed by atoms with van der Waals surface area (Å²) in [6, 6.07) is -1.99. The molecule has 2 N–H and O–H groups in total. The Labute approximate surface area is 80.0 Å². The average Bonchev–Trinajstić information content (AvgIpc) is 2.01. The van der Waals surface area contributed by atoms with Crippen molar-refractivity contribution in [1.29, 1.82) is 0 Å². The number of amides is 1. The van der Waals surface area contributed by atoms with Gasteiger partial charge in [-0.3, -0.25) is 4.79 Å². The van der Waals surface area contributed by atoms with E-state index in [0.717, 1.165) is 11.8 Å². The first kappa shape index (κ1) is 11.3. The minimum atomic E-state index is -4.34. The Morgan fingerprint density at radius 1 is 1.43 bits per heavy atom. The maximum absolute atomic E-state index is 12.4. The molecule has 0 aromatic rings. The first-order valence-electron chi connectivity index (χ1n) is 4.42. The van der Waals surface area contributed by atoms with Crippen molar-refractivity contribution in [2.45, 2.75) is 38.0 Å². The van der Waals surface area contributed by atoms with Crippen LogP contribution in [-0.4, -0.2) is 35.6 Å². The maximum atomic E-state index is 12.4. The van der Waals surface area contributed by atoms with Gasteiger partial charge in [0.1, 0.15) is 6.04 Å². The van der Waals surface area contributed by atoms with E-state index in [1.807, 2.05) is 0 Å². The highest BCUT2D eigenvalue weighted by Gasteiger charge is 2.46. The molecule has 1 aliphatic heterocycles. The fourth-order valence-corrected chi connectivity index (χ4v) is 1.69. The molecule has 1 heterocycles. The summed E-state index contributed by atoms with van der Waals surface area (Å²) in [6.45, 7) is 1.14. The number of likely N-dealkylation sites (tertiary alicyclic amines) is 1. The van der Waals surface area contributed by atoms with Gasteiger partial charge in [-0.1, -0.05) is 0 Å². The third-order valence-corrected chi connectivity index (χ3v) is 2.40. The fraction of sp³-hybridized carbons (Fsp3) is 0.875. The van der Waals surface area contributed by atoms with Gasteiger partial charge >= 0.3 is 6.18 Å². The molecule has 0 aromatic carbocycles. The third-order valence-electron chi connectivity index (χ3n) is 2.40. The van der Waals surface area contributed by atoms with E-state index in [0.29, 0.717) is 6.42 Å². The van der Waals surface area contributed by atoms with Gasteiger partial charge in [-0.25, -0.2) is 0 Å².